The minimum absolute atomic E-state index is 0.188. The lowest BCUT2D eigenvalue weighted by atomic mass is 10.1. The van der Waals surface area contributed by atoms with Crippen molar-refractivity contribution in [1.82, 2.24) is 20.1 Å². The number of aromatic nitrogens is 3. The number of benzene rings is 2. The lowest BCUT2D eigenvalue weighted by Gasteiger charge is -2.16. The van der Waals surface area contributed by atoms with E-state index in [1.807, 2.05) is 31.2 Å². The van der Waals surface area contributed by atoms with Gasteiger partial charge in [0.15, 0.2) is 11.5 Å². The molecule has 1 aliphatic rings. The zero-order valence-electron chi connectivity index (χ0n) is 15.3. The Kier molecular flexibility index (Phi) is 5.16. The van der Waals surface area contributed by atoms with Crippen molar-refractivity contribution >= 4 is 17.5 Å². The third-order valence-electron chi connectivity index (χ3n) is 4.49. The Hall–Kier alpha value is -3.06. The highest BCUT2D eigenvalue weighted by Gasteiger charge is 2.19. The number of nitrogens with zero attached hydrogens (tertiary/aromatic N) is 3. The first-order chi connectivity index (χ1) is 13.6. The normalized spacial score (nSPS) is 14.2. The van der Waals surface area contributed by atoms with Crippen LogP contribution in [0.5, 0.6) is 11.5 Å². The van der Waals surface area contributed by atoms with Crippen LogP contribution in [0, 0.1) is 0 Å². The summed E-state index contributed by atoms with van der Waals surface area (Å²) in [7, 11) is 0. The first-order valence-electron chi connectivity index (χ1n) is 8.97. The Morgan fingerprint density at radius 1 is 1.21 bits per heavy atom. The van der Waals surface area contributed by atoms with Gasteiger partial charge in [0.25, 0.3) is 5.91 Å². The van der Waals surface area contributed by atoms with Gasteiger partial charge < -0.3 is 14.8 Å². The van der Waals surface area contributed by atoms with Gasteiger partial charge in [-0.15, -0.1) is 0 Å². The number of amides is 1. The van der Waals surface area contributed by atoms with Crippen molar-refractivity contribution in [2.75, 3.05) is 13.2 Å². The number of hydrogen-bond donors (Lipinski definition) is 1. The molecule has 1 aliphatic heterocycles. The molecule has 2 aromatic carbocycles. The van der Waals surface area contributed by atoms with Gasteiger partial charge in [-0.2, -0.15) is 5.10 Å². The molecular weight excluding hydrogens is 380 g/mol. The quantitative estimate of drug-likeness (QED) is 0.726. The van der Waals surface area contributed by atoms with Gasteiger partial charge in [-0.1, -0.05) is 23.7 Å². The predicted molar refractivity (Wildman–Crippen MR) is 104 cm³/mol. The second kappa shape index (κ2) is 7.90. The highest BCUT2D eigenvalue weighted by atomic mass is 35.5. The van der Waals surface area contributed by atoms with Gasteiger partial charge in [-0.3, -0.25) is 4.79 Å². The van der Waals surface area contributed by atoms with E-state index in [9.17, 15) is 4.79 Å². The summed E-state index contributed by atoms with van der Waals surface area (Å²) in [6.07, 6.45) is 3.89. The average Bonchev–Trinajstić information content (AvgIpc) is 3.13. The van der Waals surface area contributed by atoms with Crippen LogP contribution in [-0.2, 0) is 0 Å². The van der Waals surface area contributed by atoms with Crippen molar-refractivity contribution in [2.45, 2.75) is 19.4 Å². The van der Waals surface area contributed by atoms with Gasteiger partial charge in [0, 0.05) is 12.0 Å². The van der Waals surface area contributed by atoms with Crippen molar-refractivity contribution in [3.05, 3.63) is 65.2 Å². The van der Waals surface area contributed by atoms with Gasteiger partial charge in [-0.25, -0.2) is 9.67 Å². The molecule has 0 spiro atoms. The molecule has 0 bridgehead atoms. The summed E-state index contributed by atoms with van der Waals surface area (Å²) in [5, 5.41) is 7.46. The summed E-state index contributed by atoms with van der Waals surface area (Å²) in [4.78, 5) is 16.7. The molecule has 0 radical (unpaired) electrons. The van der Waals surface area contributed by atoms with Crippen LogP contribution in [0.25, 0.3) is 5.69 Å². The minimum atomic E-state index is -0.231. The molecule has 2 heterocycles. The fourth-order valence-electron chi connectivity index (χ4n) is 2.98. The number of nitrogens with one attached hydrogen (secondary N) is 1. The molecule has 0 saturated heterocycles. The van der Waals surface area contributed by atoms with Gasteiger partial charge >= 0.3 is 0 Å². The fourth-order valence-corrected chi connectivity index (χ4v) is 3.25. The van der Waals surface area contributed by atoms with Crippen LogP contribution in [-0.4, -0.2) is 33.9 Å². The predicted octanol–water partition coefficient (Wildman–Crippen LogP) is 3.57. The van der Waals surface area contributed by atoms with E-state index in [2.05, 4.69) is 15.4 Å². The zero-order valence-corrected chi connectivity index (χ0v) is 16.0. The van der Waals surface area contributed by atoms with E-state index in [1.165, 1.54) is 6.33 Å². The van der Waals surface area contributed by atoms with Crippen LogP contribution in [0.15, 0.2) is 49.1 Å². The van der Waals surface area contributed by atoms with Crippen molar-refractivity contribution in [1.29, 1.82) is 0 Å². The monoisotopic (exact) mass is 398 g/mol. The second-order valence-electron chi connectivity index (χ2n) is 6.46. The highest BCUT2D eigenvalue weighted by molar-refractivity contribution is 6.32. The Balaban J connectivity index is 1.49. The van der Waals surface area contributed by atoms with Gasteiger partial charge in [0.2, 0.25) is 0 Å². The molecule has 7 nitrogen and oxygen atoms in total. The molecule has 1 amide bonds. The van der Waals surface area contributed by atoms with Crippen molar-refractivity contribution < 1.29 is 14.3 Å². The average molecular weight is 399 g/mol. The van der Waals surface area contributed by atoms with E-state index in [0.29, 0.717) is 35.3 Å². The molecule has 0 fully saturated rings. The largest absolute Gasteiger partial charge is 0.489 e. The molecule has 0 saturated carbocycles. The molecule has 0 aliphatic carbocycles. The molecule has 144 valence electrons. The number of halogens is 1. The van der Waals surface area contributed by atoms with Crippen molar-refractivity contribution in [3.63, 3.8) is 0 Å². The Labute approximate surface area is 167 Å². The van der Waals surface area contributed by atoms with E-state index in [-0.39, 0.29) is 11.9 Å². The standard InChI is InChI=1S/C20H19ClN4O3/c1-13(14-3-5-16(6-4-14)25-12-22-11-23-25)24-20(26)15-9-17(21)19-18(10-15)27-7-2-8-28-19/h3-6,9-13H,2,7-8H2,1H3,(H,24,26). The number of ether oxygens (including phenoxy) is 2. The van der Waals surface area contributed by atoms with E-state index in [1.54, 1.807) is 23.1 Å². The maximum absolute atomic E-state index is 12.7. The SMILES string of the molecule is CC(NC(=O)c1cc(Cl)c2c(c1)OCCCO2)c1ccc(-n2cncn2)cc1. The summed E-state index contributed by atoms with van der Waals surface area (Å²) in [6.45, 7) is 3.00. The summed E-state index contributed by atoms with van der Waals surface area (Å²) in [5.41, 5.74) is 2.30. The number of carbonyl (C=O) groups excluding carboxylic acids is 1. The van der Waals surface area contributed by atoms with Crippen LogP contribution >= 0.6 is 11.6 Å². The van der Waals surface area contributed by atoms with Crippen LogP contribution < -0.4 is 14.8 Å². The van der Waals surface area contributed by atoms with E-state index in [4.69, 9.17) is 21.1 Å². The molecule has 1 atom stereocenters. The van der Waals surface area contributed by atoms with E-state index in [0.717, 1.165) is 17.7 Å². The topological polar surface area (TPSA) is 78.3 Å². The summed E-state index contributed by atoms with van der Waals surface area (Å²) in [5.74, 6) is 0.762. The minimum Gasteiger partial charge on any atom is -0.489 e. The molecule has 4 rings (SSSR count). The molecule has 1 unspecified atom stereocenters. The Morgan fingerprint density at radius 3 is 2.75 bits per heavy atom. The maximum Gasteiger partial charge on any atom is 0.251 e. The zero-order chi connectivity index (χ0) is 19.5. The van der Waals surface area contributed by atoms with Crippen molar-refractivity contribution in [2.24, 2.45) is 0 Å². The Morgan fingerprint density at radius 2 is 2.00 bits per heavy atom. The molecule has 28 heavy (non-hydrogen) atoms. The number of hydrogen-bond acceptors (Lipinski definition) is 5. The molecule has 8 heteroatoms. The smallest absolute Gasteiger partial charge is 0.251 e. The summed E-state index contributed by atoms with van der Waals surface area (Å²) >= 11 is 6.29. The number of carbonyl (C=O) groups is 1. The first kappa shape index (κ1) is 18.3. The third kappa shape index (κ3) is 3.80. The van der Waals surface area contributed by atoms with Crippen LogP contribution in [0.4, 0.5) is 0 Å². The van der Waals surface area contributed by atoms with Crippen molar-refractivity contribution in [3.8, 4) is 17.2 Å². The lowest BCUT2D eigenvalue weighted by molar-refractivity contribution is 0.0939. The third-order valence-corrected chi connectivity index (χ3v) is 4.77. The lowest BCUT2D eigenvalue weighted by Crippen LogP contribution is -2.26. The maximum atomic E-state index is 12.7. The molecule has 1 N–H and O–H groups in total. The fraction of sp³-hybridized carbons (Fsp3) is 0.250. The molecule has 1 aromatic heterocycles. The summed E-state index contributed by atoms with van der Waals surface area (Å²) < 4.78 is 12.9. The van der Waals surface area contributed by atoms with Crippen LogP contribution in [0.1, 0.15) is 35.3 Å². The van der Waals surface area contributed by atoms with E-state index >= 15 is 0 Å². The molecule has 3 aromatic rings. The van der Waals surface area contributed by atoms with Crippen LogP contribution in [0.3, 0.4) is 0 Å². The highest BCUT2D eigenvalue weighted by Crippen LogP contribution is 2.38. The first-order valence-corrected chi connectivity index (χ1v) is 9.34. The number of fused-ring (bicyclic) bond motifs is 1. The summed E-state index contributed by atoms with van der Waals surface area (Å²) in [6, 6.07) is 10.8. The number of rotatable bonds is 4. The van der Waals surface area contributed by atoms with Gasteiger partial charge in [0.05, 0.1) is 30.0 Å². The second-order valence-corrected chi connectivity index (χ2v) is 6.87. The van der Waals surface area contributed by atoms with E-state index < -0.39 is 0 Å². The van der Waals surface area contributed by atoms with Gasteiger partial charge in [0.1, 0.15) is 12.7 Å². The molecular formula is C20H19ClN4O3. The van der Waals surface area contributed by atoms with Gasteiger partial charge in [-0.05, 0) is 36.8 Å². The van der Waals surface area contributed by atoms with Crippen LogP contribution in [0.2, 0.25) is 5.02 Å². The Bertz CT molecular complexity index is 974.